The van der Waals surface area contributed by atoms with E-state index in [1.165, 1.54) is 44.6 Å². The first-order chi connectivity index (χ1) is 13.2. The Kier molecular flexibility index (Phi) is 7.11. The largest absolute Gasteiger partial charge is 0.495 e. The van der Waals surface area contributed by atoms with Crippen molar-refractivity contribution >= 4 is 33.2 Å². The molecule has 152 valence electrons. The number of aryl methyl sites for hydroxylation is 1. The second kappa shape index (κ2) is 9.13. The van der Waals surface area contributed by atoms with Gasteiger partial charge in [0.1, 0.15) is 11.5 Å². The monoisotopic (exact) mass is 428 g/mol. The minimum absolute atomic E-state index is 0.0642. The van der Waals surface area contributed by atoms with Gasteiger partial charge in [0.05, 0.1) is 36.4 Å². The summed E-state index contributed by atoms with van der Waals surface area (Å²) in [5.74, 6) is 0.0170. The highest BCUT2D eigenvalue weighted by Gasteiger charge is 2.22. The van der Waals surface area contributed by atoms with Crippen LogP contribution in [-0.4, -0.2) is 35.2 Å². The minimum Gasteiger partial charge on any atom is -0.495 e. The molecule has 2 N–H and O–H groups in total. The summed E-state index contributed by atoms with van der Waals surface area (Å²) in [7, 11) is -1.21. The number of hydroxylamine groups is 1. The Hall–Kier alpha value is -2.49. The summed E-state index contributed by atoms with van der Waals surface area (Å²) in [6, 6.07) is 7.17. The summed E-state index contributed by atoms with van der Waals surface area (Å²) in [4.78, 5) is 16.9. The van der Waals surface area contributed by atoms with Crippen molar-refractivity contribution in [1.29, 1.82) is 0 Å². The van der Waals surface area contributed by atoms with Crippen molar-refractivity contribution in [2.75, 3.05) is 25.5 Å². The van der Waals surface area contributed by atoms with Crippen LogP contribution in [0.5, 0.6) is 11.5 Å². The molecule has 1 amide bonds. The summed E-state index contributed by atoms with van der Waals surface area (Å²) >= 11 is 6.10. The van der Waals surface area contributed by atoms with Gasteiger partial charge < -0.3 is 9.47 Å². The van der Waals surface area contributed by atoms with E-state index in [1.54, 1.807) is 13.8 Å². The SMILES string of the molecule is CCONC(=O)c1ccc(C)c(S(=O)(=O)Nc2cc(Cl)c(OC)cc2OC)c1. The molecular weight excluding hydrogens is 408 g/mol. The smallest absolute Gasteiger partial charge is 0.274 e. The molecule has 0 aliphatic carbocycles. The summed E-state index contributed by atoms with van der Waals surface area (Å²) in [5.41, 5.74) is 2.96. The Morgan fingerprint density at radius 1 is 1.11 bits per heavy atom. The molecule has 28 heavy (non-hydrogen) atoms. The zero-order valence-electron chi connectivity index (χ0n) is 15.8. The maximum Gasteiger partial charge on any atom is 0.274 e. The summed E-state index contributed by atoms with van der Waals surface area (Å²) in [6.07, 6.45) is 0. The van der Waals surface area contributed by atoms with Gasteiger partial charge in [0, 0.05) is 11.6 Å². The maximum atomic E-state index is 12.9. The molecule has 0 fully saturated rings. The topological polar surface area (TPSA) is 103 Å². The Bertz CT molecular complexity index is 978. The molecule has 10 heteroatoms. The van der Waals surface area contributed by atoms with Crippen LogP contribution in [0, 0.1) is 6.92 Å². The van der Waals surface area contributed by atoms with Gasteiger partial charge in [-0.2, -0.15) is 0 Å². The number of amides is 1. The van der Waals surface area contributed by atoms with Gasteiger partial charge in [-0.15, -0.1) is 0 Å². The van der Waals surface area contributed by atoms with E-state index < -0.39 is 15.9 Å². The molecule has 0 saturated heterocycles. The van der Waals surface area contributed by atoms with E-state index in [-0.39, 0.29) is 33.5 Å². The number of ether oxygens (including phenoxy) is 2. The molecule has 0 heterocycles. The fourth-order valence-corrected chi connectivity index (χ4v) is 3.94. The van der Waals surface area contributed by atoms with E-state index in [0.717, 1.165) is 0 Å². The fraction of sp³-hybridized carbons (Fsp3) is 0.278. The summed E-state index contributed by atoms with van der Waals surface area (Å²) in [6.45, 7) is 3.61. The molecule has 8 nitrogen and oxygen atoms in total. The zero-order valence-corrected chi connectivity index (χ0v) is 17.4. The van der Waals surface area contributed by atoms with Crippen LogP contribution in [0.1, 0.15) is 22.8 Å². The van der Waals surface area contributed by atoms with Gasteiger partial charge >= 0.3 is 0 Å². The second-order valence-corrected chi connectivity index (χ2v) is 7.70. The van der Waals surface area contributed by atoms with Crippen molar-refractivity contribution in [3.63, 3.8) is 0 Å². The van der Waals surface area contributed by atoms with E-state index in [2.05, 4.69) is 10.2 Å². The molecule has 0 aliphatic heterocycles. The van der Waals surface area contributed by atoms with Crippen LogP contribution in [0.15, 0.2) is 35.2 Å². The number of carbonyl (C=O) groups excluding carboxylic acids is 1. The van der Waals surface area contributed by atoms with Gasteiger partial charge in [-0.1, -0.05) is 17.7 Å². The molecular formula is C18H21ClN2O6S. The van der Waals surface area contributed by atoms with Crippen LogP contribution in [0.2, 0.25) is 5.02 Å². The van der Waals surface area contributed by atoms with Gasteiger partial charge in [0.15, 0.2) is 0 Å². The summed E-state index contributed by atoms with van der Waals surface area (Å²) in [5, 5.41) is 0.211. The van der Waals surface area contributed by atoms with Crippen molar-refractivity contribution in [2.45, 2.75) is 18.7 Å². The molecule has 0 unspecified atom stereocenters. The highest BCUT2D eigenvalue weighted by molar-refractivity contribution is 7.92. The molecule has 0 spiro atoms. The van der Waals surface area contributed by atoms with Crippen LogP contribution < -0.4 is 19.7 Å². The molecule has 2 rings (SSSR count). The summed E-state index contributed by atoms with van der Waals surface area (Å²) < 4.78 is 38.6. The molecule has 0 saturated carbocycles. The highest BCUT2D eigenvalue weighted by atomic mass is 35.5. The lowest BCUT2D eigenvalue weighted by Crippen LogP contribution is -2.24. The van der Waals surface area contributed by atoms with Gasteiger partial charge in [0.2, 0.25) is 0 Å². The molecule has 0 aromatic heterocycles. The zero-order chi connectivity index (χ0) is 20.9. The fourth-order valence-electron chi connectivity index (χ4n) is 2.37. The first-order valence-corrected chi connectivity index (χ1v) is 10.1. The third-order valence-electron chi connectivity index (χ3n) is 3.77. The number of nitrogens with one attached hydrogen (secondary N) is 2. The minimum atomic E-state index is -4.04. The lowest BCUT2D eigenvalue weighted by atomic mass is 10.1. The Balaban J connectivity index is 2.43. The number of hydrogen-bond acceptors (Lipinski definition) is 6. The van der Waals surface area contributed by atoms with E-state index in [1.807, 2.05) is 0 Å². The van der Waals surface area contributed by atoms with Crippen molar-refractivity contribution in [2.24, 2.45) is 0 Å². The standard InChI is InChI=1S/C18H21ClN2O6S/c1-5-27-20-18(22)12-7-6-11(2)17(8-12)28(23,24)21-14-9-13(19)15(25-3)10-16(14)26-4/h6-10,21H,5H2,1-4H3,(H,20,22). The number of anilines is 1. The number of rotatable bonds is 8. The maximum absolute atomic E-state index is 12.9. The average molecular weight is 429 g/mol. The number of hydrogen-bond donors (Lipinski definition) is 2. The lowest BCUT2D eigenvalue weighted by molar-refractivity contribution is 0.0364. The second-order valence-electron chi connectivity index (χ2n) is 5.64. The van der Waals surface area contributed by atoms with Crippen LogP contribution >= 0.6 is 11.6 Å². The van der Waals surface area contributed by atoms with Crippen molar-refractivity contribution < 1.29 is 27.5 Å². The molecule has 0 aliphatic rings. The molecule has 2 aromatic rings. The first kappa shape index (κ1) is 21.8. The van der Waals surface area contributed by atoms with Crippen molar-refractivity contribution in [1.82, 2.24) is 5.48 Å². The normalized spacial score (nSPS) is 11.0. The predicted octanol–water partition coefficient (Wildman–Crippen LogP) is 3.15. The molecule has 2 aromatic carbocycles. The third kappa shape index (κ3) is 4.86. The molecule has 0 radical (unpaired) electrons. The Morgan fingerprint density at radius 2 is 1.79 bits per heavy atom. The van der Waals surface area contributed by atoms with Gasteiger partial charge in [-0.3, -0.25) is 14.4 Å². The Labute approximate surface area is 168 Å². The van der Waals surface area contributed by atoms with Crippen molar-refractivity contribution in [3.8, 4) is 11.5 Å². The van der Waals surface area contributed by atoms with E-state index in [4.69, 9.17) is 25.9 Å². The predicted molar refractivity (Wildman–Crippen MR) is 106 cm³/mol. The van der Waals surface area contributed by atoms with Crippen LogP contribution in [0.3, 0.4) is 0 Å². The van der Waals surface area contributed by atoms with Gasteiger partial charge in [-0.05, 0) is 37.6 Å². The number of sulfonamides is 1. The third-order valence-corrected chi connectivity index (χ3v) is 5.57. The first-order valence-electron chi connectivity index (χ1n) is 8.20. The molecule has 0 atom stereocenters. The number of benzene rings is 2. The van der Waals surface area contributed by atoms with Crippen molar-refractivity contribution in [3.05, 3.63) is 46.5 Å². The number of carbonyl (C=O) groups is 1. The van der Waals surface area contributed by atoms with Crippen LogP contribution in [0.4, 0.5) is 5.69 Å². The quantitative estimate of drug-likeness (QED) is 0.626. The Morgan fingerprint density at radius 3 is 2.39 bits per heavy atom. The molecule has 0 bridgehead atoms. The average Bonchev–Trinajstić information content (AvgIpc) is 2.66. The van der Waals surface area contributed by atoms with Crippen LogP contribution in [0.25, 0.3) is 0 Å². The highest BCUT2D eigenvalue weighted by Crippen LogP contribution is 2.37. The lowest BCUT2D eigenvalue weighted by Gasteiger charge is -2.15. The van der Waals surface area contributed by atoms with E-state index >= 15 is 0 Å². The van der Waals surface area contributed by atoms with Gasteiger partial charge in [-0.25, -0.2) is 13.9 Å². The van der Waals surface area contributed by atoms with E-state index in [0.29, 0.717) is 11.3 Å². The number of methoxy groups -OCH3 is 2. The van der Waals surface area contributed by atoms with Crippen LogP contribution in [-0.2, 0) is 14.9 Å². The van der Waals surface area contributed by atoms with Gasteiger partial charge in [0.25, 0.3) is 15.9 Å². The number of halogens is 1. The van der Waals surface area contributed by atoms with E-state index in [9.17, 15) is 13.2 Å².